The van der Waals surface area contributed by atoms with E-state index in [1.807, 2.05) is 30.3 Å². The lowest BCUT2D eigenvalue weighted by Gasteiger charge is -1.92. The highest BCUT2D eigenvalue weighted by Crippen LogP contribution is 2.11. The number of hydrogen-bond acceptors (Lipinski definition) is 4. The Kier molecular flexibility index (Phi) is 2.40. The zero-order chi connectivity index (χ0) is 10.7. The highest BCUT2D eigenvalue weighted by atomic mass is 16.1. The first-order valence-corrected chi connectivity index (χ1v) is 4.37. The minimum atomic E-state index is -0.494. The van der Waals surface area contributed by atoms with Crippen molar-refractivity contribution in [2.75, 3.05) is 0 Å². The zero-order valence-corrected chi connectivity index (χ0v) is 7.87. The van der Waals surface area contributed by atoms with E-state index in [9.17, 15) is 4.79 Å². The number of tetrazole rings is 1. The fourth-order valence-corrected chi connectivity index (χ4v) is 1.15. The van der Waals surface area contributed by atoms with Crippen molar-refractivity contribution in [2.45, 2.75) is 6.54 Å². The number of benzene rings is 1. The van der Waals surface area contributed by atoms with E-state index in [0.29, 0.717) is 5.82 Å². The summed E-state index contributed by atoms with van der Waals surface area (Å²) >= 11 is 0. The van der Waals surface area contributed by atoms with Crippen molar-refractivity contribution in [3.63, 3.8) is 0 Å². The average Bonchev–Trinajstić information content (AvgIpc) is 2.67. The molecule has 0 aliphatic carbocycles. The number of hydrogen-bond donors (Lipinski definition) is 1. The minimum absolute atomic E-state index is 0.0557. The number of amides is 1. The molecule has 0 saturated carbocycles. The average molecular weight is 203 g/mol. The van der Waals surface area contributed by atoms with E-state index < -0.39 is 5.91 Å². The van der Waals surface area contributed by atoms with Crippen LogP contribution in [0, 0.1) is 0 Å². The minimum Gasteiger partial charge on any atom is -0.368 e. The van der Waals surface area contributed by atoms with Crippen LogP contribution in [0.2, 0.25) is 0 Å². The van der Waals surface area contributed by atoms with Crippen molar-refractivity contribution in [3.8, 4) is 11.4 Å². The third kappa shape index (κ3) is 2.16. The van der Waals surface area contributed by atoms with Gasteiger partial charge in [-0.1, -0.05) is 30.3 Å². The molecule has 0 aliphatic rings. The van der Waals surface area contributed by atoms with Crippen LogP contribution >= 0.6 is 0 Å². The molecular weight excluding hydrogens is 194 g/mol. The predicted octanol–water partition coefficient (Wildman–Crippen LogP) is -0.175. The fraction of sp³-hybridized carbons (Fsp3) is 0.111. The van der Waals surface area contributed by atoms with Gasteiger partial charge in [0.1, 0.15) is 6.54 Å². The summed E-state index contributed by atoms with van der Waals surface area (Å²) in [5.74, 6) is -0.0103. The van der Waals surface area contributed by atoms with E-state index in [1.54, 1.807) is 0 Å². The molecule has 1 aromatic carbocycles. The lowest BCUT2D eigenvalue weighted by molar-refractivity contribution is -0.118. The standard InChI is InChI=1S/C9H9N5O/c10-8(15)6-14-12-9(11-13-14)7-4-2-1-3-5-7/h1-5H,6H2,(H2,10,15). The molecule has 15 heavy (non-hydrogen) atoms. The Morgan fingerprint density at radius 3 is 2.73 bits per heavy atom. The van der Waals surface area contributed by atoms with E-state index in [2.05, 4.69) is 15.4 Å². The van der Waals surface area contributed by atoms with E-state index in [4.69, 9.17) is 5.73 Å². The van der Waals surface area contributed by atoms with Crippen LogP contribution in [0.3, 0.4) is 0 Å². The highest BCUT2D eigenvalue weighted by molar-refractivity contribution is 5.73. The zero-order valence-electron chi connectivity index (χ0n) is 7.87. The molecule has 1 aromatic heterocycles. The van der Waals surface area contributed by atoms with Gasteiger partial charge in [-0.15, -0.1) is 10.2 Å². The Balaban J connectivity index is 2.24. The van der Waals surface area contributed by atoms with Gasteiger partial charge in [0.2, 0.25) is 11.7 Å². The summed E-state index contributed by atoms with van der Waals surface area (Å²) in [5, 5.41) is 11.5. The summed E-state index contributed by atoms with van der Waals surface area (Å²) in [6, 6.07) is 9.39. The lowest BCUT2D eigenvalue weighted by atomic mass is 10.2. The topological polar surface area (TPSA) is 86.7 Å². The SMILES string of the molecule is NC(=O)Cn1nnc(-c2ccccc2)n1. The Hall–Kier alpha value is -2.24. The summed E-state index contributed by atoms with van der Waals surface area (Å²) < 4.78 is 0. The second-order valence-electron chi connectivity index (χ2n) is 2.98. The summed E-state index contributed by atoms with van der Waals surface area (Å²) in [6.45, 7) is -0.0557. The van der Waals surface area contributed by atoms with Crippen LogP contribution in [0.4, 0.5) is 0 Å². The van der Waals surface area contributed by atoms with Gasteiger partial charge in [-0.3, -0.25) is 4.79 Å². The van der Waals surface area contributed by atoms with Crippen molar-refractivity contribution in [3.05, 3.63) is 30.3 Å². The van der Waals surface area contributed by atoms with Crippen molar-refractivity contribution in [1.29, 1.82) is 0 Å². The van der Waals surface area contributed by atoms with E-state index in [-0.39, 0.29) is 6.54 Å². The van der Waals surface area contributed by atoms with Crippen molar-refractivity contribution >= 4 is 5.91 Å². The first-order chi connectivity index (χ1) is 7.25. The fourth-order valence-electron chi connectivity index (χ4n) is 1.15. The first-order valence-electron chi connectivity index (χ1n) is 4.37. The molecule has 0 fully saturated rings. The molecule has 2 aromatic rings. The summed E-state index contributed by atoms with van der Waals surface area (Å²) in [4.78, 5) is 11.8. The maximum Gasteiger partial charge on any atom is 0.241 e. The molecule has 76 valence electrons. The maximum atomic E-state index is 10.6. The Bertz CT molecular complexity index is 464. The molecule has 6 heteroatoms. The number of nitrogens with zero attached hydrogens (tertiary/aromatic N) is 4. The molecule has 0 saturated heterocycles. The normalized spacial score (nSPS) is 10.1. The van der Waals surface area contributed by atoms with Crippen LogP contribution in [0.1, 0.15) is 0 Å². The quantitative estimate of drug-likeness (QED) is 0.750. The van der Waals surface area contributed by atoms with Crippen molar-refractivity contribution in [1.82, 2.24) is 20.2 Å². The molecule has 0 spiro atoms. The third-order valence-corrected chi connectivity index (χ3v) is 1.78. The molecule has 0 bridgehead atoms. The number of primary amides is 1. The largest absolute Gasteiger partial charge is 0.368 e. The molecule has 1 amide bonds. The van der Waals surface area contributed by atoms with Crippen molar-refractivity contribution < 1.29 is 4.79 Å². The first kappa shape index (κ1) is 9.32. The van der Waals surface area contributed by atoms with Crippen LogP contribution < -0.4 is 5.73 Å². The van der Waals surface area contributed by atoms with Gasteiger partial charge in [0.15, 0.2) is 0 Å². The number of nitrogens with two attached hydrogens (primary N) is 1. The molecule has 0 atom stereocenters. The predicted molar refractivity (Wildman–Crippen MR) is 52.4 cm³/mol. The van der Waals surface area contributed by atoms with E-state index in [1.165, 1.54) is 4.80 Å². The van der Waals surface area contributed by atoms with Crippen molar-refractivity contribution in [2.24, 2.45) is 5.73 Å². The molecule has 6 nitrogen and oxygen atoms in total. The number of aromatic nitrogens is 4. The number of rotatable bonds is 3. The molecular formula is C9H9N5O. The van der Waals surface area contributed by atoms with Gasteiger partial charge in [-0.25, -0.2) is 0 Å². The summed E-state index contributed by atoms with van der Waals surface area (Å²) in [6.07, 6.45) is 0. The monoisotopic (exact) mass is 203 g/mol. The van der Waals surface area contributed by atoms with Gasteiger partial charge < -0.3 is 5.73 Å². The van der Waals surface area contributed by atoms with Crippen LogP contribution in [0.25, 0.3) is 11.4 Å². The second-order valence-corrected chi connectivity index (χ2v) is 2.98. The molecule has 0 aliphatic heterocycles. The third-order valence-electron chi connectivity index (χ3n) is 1.78. The second kappa shape index (κ2) is 3.87. The molecule has 2 N–H and O–H groups in total. The Morgan fingerprint density at radius 1 is 1.33 bits per heavy atom. The summed E-state index contributed by atoms with van der Waals surface area (Å²) in [7, 11) is 0. The maximum absolute atomic E-state index is 10.6. The van der Waals surface area contributed by atoms with Gasteiger partial charge in [-0.05, 0) is 5.21 Å². The van der Waals surface area contributed by atoms with E-state index in [0.717, 1.165) is 5.56 Å². The molecule has 0 unspecified atom stereocenters. The number of carbonyl (C=O) groups is 1. The van der Waals surface area contributed by atoms with Gasteiger partial charge in [0.25, 0.3) is 0 Å². The van der Waals surface area contributed by atoms with Gasteiger partial charge in [0.05, 0.1) is 0 Å². The van der Waals surface area contributed by atoms with Crippen LogP contribution in [0.5, 0.6) is 0 Å². The van der Waals surface area contributed by atoms with Gasteiger partial charge in [0, 0.05) is 5.56 Å². The van der Waals surface area contributed by atoms with Crippen LogP contribution in [-0.2, 0) is 11.3 Å². The number of carbonyl (C=O) groups excluding carboxylic acids is 1. The van der Waals surface area contributed by atoms with Gasteiger partial charge >= 0.3 is 0 Å². The smallest absolute Gasteiger partial charge is 0.241 e. The van der Waals surface area contributed by atoms with Gasteiger partial charge in [-0.2, -0.15) is 4.80 Å². The van der Waals surface area contributed by atoms with E-state index >= 15 is 0 Å². The Morgan fingerprint density at radius 2 is 2.07 bits per heavy atom. The van der Waals surface area contributed by atoms with Crippen LogP contribution in [0.15, 0.2) is 30.3 Å². The molecule has 1 heterocycles. The molecule has 0 radical (unpaired) electrons. The Labute approximate surface area is 85.7 Å². The lowest BCUT2D eigenvalue weighted by Crippen LogP contribution is -2.20. The highest BCUT2D eigenvalue weighted by Gasteiger charge is 2.06. The summed E-state index contributed by atoms with van der Waals surface area (Å²) in [5.41, 5.74) is 5.86. The van der Waals surface area contributed by atoms with Crippen LogP contribution in [-0.4, -0.2) is 26.1 Å². The molecule has 2 rings (SSSR count).